The molecular weight excluding hydrogens is 374 g/mol. The number of piperidine rings is 1. The molecule has 1 unspecified atom stereocenters. The quantitative estimate of drug-likeness (QED) is 0.792. The van der Waals surface area contributed by atoms with Crippen LogP contribution in [-0.4, -0.2) is 41.8 Å². The van der Waals surface area contributed by atoms with Gasteiger partial charge in [-0.1, -0.05) is 23.7 Å². The summed E-state index contributed by atoms with van der Waals surface area (Å²) in [5, 5.41) is 9.61. The number of benzene rings is 2. The summed E-state index contributed by atoms with van der Waals surface area (Å²) in [6.45, 7) is 1.51. The van der Waals surface area contributed by atoms with Crippen molar-refractivity contribution in [1.29, 1.82) is 5.26 Å². The van der Waals surface area contributed by atoms with Crippen molar-refractivity contribution < 1.29 is 9.59 Å². The first-order valence-electron chi connectivity index (χ1n) is 9.27. The fraction of sp³-hybridized carbons (Fsp3) is 0.318. The van der Waals surface area contributed by atoms with Gasteiger partial charge >= 0.3 is 0 Å². The molecule has 0 bridgehead atoms. The molecule has 6 heteroatoms. The van der Waals surface area contributed by atoms with Gasteiger partial charge in [-0.05, 0) is 54.8 Å². The summed E-state index contributed by atoms with van der Waals surface area (Å²) in [7, 11) is 1.77. The Morgan fingerprint density at radius 1 is 1.25 bits per heavy atom. The van der Waals surface area contributed by atoms with Crippen LogP contribution in [0.3, 0.4) is 0 Å². The normalized spacial score (nSPS) is 16.3. The first kappa shape index (κ1) is 19.9. The SMILES string of the molecule is CN(Cc1cccc(C#N)c1)C(=O)C1CCCN(C(=O)c2ccc(Cl)cc2)C1. The van der Waals surface area contributed by atoms with E-state index in [1.807, 2.05) is 12.1 Å². The summed E-state index contributed by atoms with van der Waals surface area (Å²) in [6.07, 6.45) is 1.57. The van der Waals surface area contributed by atoms with E-state index in [9.17, 15) is 9.59 Å². The predicted octanol–water partition coefficient (Wildman–Crippen LogP) is 3.72. The maximum atomic E-state index is 12.9. The van der Waals surface area contributed by atoms with Crippen molar-refractivity contribution in [3.63, 3.8) is 0 Å². The molecule has 0 aromatic heterocycles. The van der Waals surface area contributed by atoms with Gasteiger partial charge in [-0.15, -0.1) is 0 Å². The molecule has 0 saturated carbocycles. The zero-order valence-electron chi connectivity index (χ0n) is 15.8. The lowest BCUT2D eigenvalue weighted by Crippen LogP contribution is -2.45. The lowest BCUT2D eigenvalue weighted by Gasteiger charge is -2.34. The second-order valence-electron chi connectivity index (χ2n) is 7.10. The van der Waals surface area contributed by atoms with E-state index in [2.05, 4.69) is 6.07 Å². The molecule has 1 saturated heterocycles. The third-order valence-corrected chi connectivity index (χ3v) is 5.25. The Bertz CT molecular complexity index is 905. The van der Waals surface area contributed by atoms with Gasteiger partial charge in [0.2, 0.25) is 5.91 Å². The van der Waals surface area contributed by atoms with Gasteiger partial charge in [-0.25, -0.2) is 0 Å². The van der Waals surface area contributed by atoms with Crippen molar-refractivity contribution >= 4 is 23.4 Å². The van der Waals surface area contributed by atoms with Crippen LogP contribution in [0.4, 0.5) is 0 Å². The summed E-state index contributed by atoms with van der Waals surface area (Å²) in [5.74, 6) is -0.261. The van der Waals surface area contributed by atoms with Crippen molar-refractivity contribution in [2.45, 2.75) is 19.4 Å². The third kappa shape index (κ3) is 4.71. The van der Waals surface area contributed by atoms with Crippen molar-refractivity contribution in [3.05, 3.63) is 70.2 Å². The zero-order chi connectivity index (χ0) is 20.1. The van der Waals surface area contributed by atoms with Crippen LogP contribution >= 0.6 is 11.6 Å². The van der Waals surface area contributed by atoms with E-state index in [4.69, 9.17) is 16.9 Å². The number of carbonyl (C=O) groups is 2. The standard InChI is InChI=1S/C22H22ClN3O2/c1-25(14-17-5-2-4-16(12-17)13-24)21(27)19-6-3-11-26(15-19)22(28)18-7-9-20(23)10-8-18/h2,4-5,7-10,12,19H,3,6,11,14-15H2,1H3. The zero-order valence-corrected chi connectivity index (χ0v) is 16.5. The molecule has 5 nitrogen and oxygen atoms in total. The maximum absolute atomic E-state index is 12.9. The average molecular weight is 396 g/mol. The second-order valence-corrected chi connectivity index (χ2v) is 7.54. The molecule has 0 N–H and O–H groups in total. The minimum absolute atomic E-state index is 0.0240. The van der Waals surface area contributed by atoms with E-state index in [1.54, 1.807) is 53.2 Å². The van der Waals surface area contributed by atoms with Gasteiger partial charge in [0.15, 0.2) is 0 Å². The van der Waals surface area contributed by atoms with Crippen LogP contribution in [-0.2, 0) is 11.3 Å². The van der Waals surface area contributed by atoms with Crippen LogP contribution in [0.5, 0.6) is 0 Å². The van der Waals surface area contributed by atoms with Crippen LogP contribution in [0.25, 0.3) is 0 Å². The fourth-order valence-electron chi connectivity index (χ4n) is 3.54. The van der Waals surface area contributed by atoms with E-state index in [1.165, 1.54) is 0 Å². The van der Waals surface area contributed by atoms with Crippen molar-refractivity contribution in [3.8, 4) is 6.07 Å². The Morgan fingerprint density at radius 3 is 2.71 bits per heavy atom. The Balaban J connectivity index is 1.64. The number of likely N-dealkylation sites (tertiary alicyclic amines) is 1. The smallest absolute Gasteiger partial charge is 0.253 e. The molecule has 1 fully saturated rings. The van der Waals surface area contributed by atoms with Gasteiger partial charge in [0, 0.05) is 37.3 Å². The Hall–Kier alpha value is -2.84. The highest BCUT2D eigenvalue weighted by Gasteiger charge is 2.30. The van der Waals surface area contributed by atoms with Gasteiger partial charge in [0.1, 0.15) is 0 Å². The molecule has 2 aromatic carbocycles. The molecule has 0 spiro atoms. The highest BCUT2D eigenvalue weighted by atomic mass is 35.5. The summed E-state index contributed by atoms with van der Waals surface area (Å²) in [6, 6.07) is 16.2. The second kappa shape index (κ2) is 8.90. The number of nitrogens with zero attached hydrogens (tertiary/aromatic N) is 3. The molecule has 0 radical (unpaired) electrons. The van der Waals surface area contributed by atoms with Crippen molar-refractivity contribution in [2.24, 2.45) is 5.92 Å². The van der Waals surface area contributed by atoms with Crippen LogP contribution in [0.2, 0.25) is 5.02 Å². The largest absolute Gasteiger partial charge is 0.341 e. The van der Waals surface area contributed by atoms with Gasteiger partial charge < -0.3 is 9.80 Å². The molecule has 1 heterocycles. The van der Waals surface area contributed by atoms with E-state index >= 15 is 0 Å². The molecule has 1 atom stereocenters. The Labute approximate surface area is 170 Å². The molecule has 1 aliphatic heterocycles. The summed E-state index contributed by atoms with van der Waals surface area (Å²) < 4.78 is 0. The van der Waals surface area contributed by atoms with E-state index in [0.29, 0.717) is 35.8 Å². The van der Waals surface area contributed by atoms with Crippen LogP contribution < -0.4 is 0 Å². The minimum atomic E-state index is -0.214. The molecule has 2 aromatic rings. The van der Waals surface area contributed by atoms with Crippen molar-refractivity contribution in [1.82, 2.24) is 9.80 Å². The number of halogens is 1. The lowest BCUT2D eigenvalue weighted by atomic mass is 9.95. The minimum Gasteiger partial charge on any atom is -0.341 e. The summed E-state index contributed by atoms with van der Waals surface area (Å²) in [4.78, 5) is 29.1. The van der Waals surface area contributed by atoms with Crippen LogP contribution in [0, 0.1) is 17.2 Å². The van der Waals surface area contributed by atoms with Gasteiger partial charge in [0.25, 0.3) is 5.91 Å². The average Bonchev–Trinajstić information content (AvgIpc) is 2.73. The predicted molar refractivity (Wildman–Crippen MR) is 108 cm³/mol. The molecule has 0 aliphatic carbocycles. The fourth-order valence-corrected chi connectivity index (χ4v) is 3.67. The maximum Gasteiger partial charge on any atom is 0.253 e. The molecule has 144 valence electrons. The number of nitriles is 1. The first-order chi connectivity index (χ1) is 13.5. The number of carbonyl (C=O) groups excluding carboxylic acids is 2. The lowest BCUT2D eigenvalue weighted by molar-refractivity contribution is -0.136. The van der Waals surface area contributed by atoms with Crippen LogP contribution in [0.1, 0.15) is 34.3 Å². The van der Waals surface area contributed by atoms with Gasteiger partial charge in [0.05, 0.1) is 17.6 Å². The highest BCUT2D eigenvalue weighted by molar-refractivity contribution is 6.30. The number of rotatable bonds is 4. The summed E-state index contributed by atoms with van der Waals surface area (Å²) in [5.41, 5.74) is 2.08. The van der Waals surface area contributed by atoms with E-state index in [-0.39, 0.29) is 17.7 Å². The molecule has 3 rings (SSSR count). The summed E-state index contributed by atoms with van der Waals surface area (Å²) >= 11 is 5.89. The molecule has 2 amide bonds. The molecule has 1 aliphatic rings. The topological polar surface area (TPSA) is 64.4 Å². The van der Waals surface area contributed by atoms with E-state index in [0.717, 1.165) is 18.4 Å². The van der Waals surface area contributed by atoms with Crippen LogP contribution in [0.15, 0.2) is 48.5 Å². The van der Waals surface area contributed by atoms with E-state index < -0.39 is 0 Å². The Morgan fingerprint density at radius 2 is 2.00 bits per heavy atom. The monoisotopic (exact) mass is 395 g/mol. The molecular formula is C22H22ClN3O2. The van der Waals surface area contributed by atoms with Crippen molar-refractivity contribution in [2.75, 3.05) is 20.1 Å². The number of hydrogen-bond acceptors (Lipinski definition) is 3. The Kier molecular flexibility index (Phi) is 6.33. The molecule has 28 heavy (non-hydrogen) atoms. The van der Waals surface area contributed by atoms with Gasteiger partial charge in [-0.2, -0.15) is 5.26 Å². The van der Waals surface area contributed by atoms with Gasteiger partial charge in [-0.3, -0.25) is 9.59 Å². The third-order valence-electron chi connectivity index (χ3n) is 5.00. The number of amides is 2. The highest BCUT2D eigenvalue weighted by Crippen LogP contribution is 2.22. The first-order valence-corrected chi connectivity index (χ1v) is 9.64. The number of hydrogen-bond donors (Lipinski definition) is 0.